The van der Waals surface area contributed by atoms with Crippen molar-refractivity contribution in [1.82, 2.24) is 16.0 Å². The number of aliphatic imine (C=N–C) groups is 1. The Morgan fingerprint density at radius 3 is 2.39 bits per heavy atom. The van der Waals surface area contributed by atoms with E-state index in [0.29, 0.717) is 18.5 Å². The van der Waals surface area contributed by atoms with Gasteiger partial charge in [-0.25, -0.2) is 0 Å². The maximum atomic E-state index is 11.4. The van der Waals surface area contributed by atoms with Crippen LogP contribution in [-0.2, 0) is 4.79 Å². The highest BCUT2D eigenvalue weighted by atomic mass is 127. The Kier molecular flexibility index (Phi) is 6.17. The number of halogens is 1. The van der Waals surface area contributed by atoms with Crippen molar-refractivity contribution >= 4 is 35.8 Å². The summed E-state index contributed by atoms with van der Waals surface area (Å²) < 4.78 is 0. The Bertz CT molecular complexity index is 317. The molecule has 2 fully saturated rings. The van der Waals surface area contributed by atoms with Crippen LogP contribution in [0.25, 0.3) is 0 Å². The number of nitrogens with one attached hydrogen (secondary N) is 3. The molecule has 2 saturated carbocycles. The van der Waals surface area contributed by atoms with Crippen molar-refractivity contribution in [3.8, 4) is 0 Å². The highest BCUT2D eigenvalue weighted by Crippen LogP contribution is 2.29. The van der Waals surface area contributed by atoms with Gasteiger partial charge < -0.3 is 16.0 Å². The summed E-state index contributed by atoms with van der Waals surface area (Å²) in [6.07, 6.45) is 3.34. The van der Waals surface area contributed by atoms with E-state index in [1.807, 2.05) is 0 Å². The second kappa shape index (κ2) is 7.16. The third-order valence-electron chi connectivity index (χ3n) is 3.32. The molecule has 0 aliphatic heterocycles. The number of nitrogens with zero attached hydrogens (tertiary/aromatic N) is 1. The van der Waals surface area contributed by atoms with E-state index in [4.69, 9.17) is 0 Å². The molecule has 2 unspecified atom stereocenters. The molecule has 0 aromatic rings. The highest BCUT2D eigenvalue weighted by molar-refractivity contribution is 14.0. The molecule has 3 N–H and O–H groups in total. The monoisotopic (exact) mass is 366 g/mol. The quantitative estimate of drug-likeness (QED) is 0.291. The van der Waals surface area contributed by atoms with Gasteiger partial charge in [0.1, 0.15) is 0 Å². The van der Waals surface area contributed by atoms with E-state index < -0.39 is 0 Å². The fourth-order valence-electron chi connectivity index (χ4n) is 1.75. The first kappa shape index (κ1) is 15.5. The van der Waals surface area contributed by atoms with Gasteiger partial charge in [-0.3, -0.25) is 9.79 Å². The molecule has 18 heavy (non-hydrogen) atoms. The Hall–Kier alpha value is -0.530. The molecule has 0 bridgehead atoms. The number of rotatable bonds is 5. The summed E-state index contributed by atoms with van der Waals surface area (Å²) in [6.45, 7) is 3.61. The Morgan fingerprint density at radius 2 is 1.89 bits per heavy atom. The van der Waals surface area contributed by atoms with Crippen LogP contribution in [0.3, 0.4) is 0 Å². The predicted molar refractivity (Wildman–Crippen MR) is 83.2 cm³/mol. The number of guanidine groups is 1. The largest absolute Gasteiger partial charge is 0.355 e. The fourth-order valence-corrected chi connectivity index (χ4v) is 1.75. The summed E-state index contributed by atoms with van der Waals surface area (Å²) in [5, 5.41) is 9.46. The molecule has 6 heteroatoms. The molecule has 0 spiro atoms. The molecule has 0 saturated heterocycles. The highest BCUT2D eigenvalue weighted by Gasteiger charge is 2.33. The van der Waals surface area contributed by atoms with Crippen LogP contribution in [0.1, 0.15) is 26.2 Å². The van der Waals surface area contributed by atoms with E-state index in [0.717, 1.165) is 31.3 Å². The van der Waals surface area contributed by atoms with Gasteiger partial charge in [0.15, 0.2) is 5.96 Å². The number of amides is 1. The van der Waals surface area contributed by atoms with Gasteiger partial charge in [-0.2, -0.15) is 0 Å². The molecule has 2 aliphatic carbocycles. The maximum absolute atomic E-state index is 11.4. The SMILES string of the molecule is CN=C(NCCNC(=O)C1CC1)NC1CC1C.I. The molecular weight excluding hydrogens is 343 g/mol. The molecular formula is C12H23IN4O. The summed E-state index contributed by atoms with van der Waals surface area (Å²) in [4.78, 5) is 15.5. The summed E-state index contributed by atoms with van der Waals surface area (Å²) >= 11 is 0. The van der Waals surface area contributed by atoms with Gasteiger partial charge in [0.2, 0.25) is 5.91 Å². The minimum Gasteiger partial charge on any atom is -0.355 e. The molecule has 2 atom stereocenters. The van der Waals surface area contributed by atoms with Crippen LogP contribution in [0.5, 0.6) is 0 Å². The van der Waals surface area contributed by atoms with Gasteiger partial charge in [-0.05, 0) is 25.2 Å². The zero-order chi connectivity index (χ0) is 12.3. The summed E-state index contributed by atoms with van der Waals surface area (Å²) in [6, 6.07) is 0.572. The number of carbonyl (C=O) groups is 1. The van der Waals surface area contributed by atoms with Gasteiger partial charge in [-0.15, -0.1) is 24.0 Å². The fraction of sp³-hybridized carbons (Fsp3) is 0.833. The summed E-state index contributed by atoms with van der Waals surface area (Å²) in [7, 11) is 1.77. The zero-order valence-electron chi connectivity index (χ0n) is 11.0. The van der Waals surface area contributed by atoms with E-state index in [1.165, 1.54) is 6.42 Å². The lowest BCUT2D eigenvalue weighted by Gasteiger charge is -2.11. The van der Waals surface area contributed by atoms with Gasteiger partial charge >= 0.3 is 0 Å². The summed E-state index contributed by atoms with van der Waals surface area (Å²) in [5.74, 6) is 2.08. The van der Waals surface area contributed by atoms with E-state index in [2.05, 4.69) is 27.9 Å². The van der Waals surface area contributed by atoms with Crippen LogP contribution >= 0.6 is 24.0 Å². The first-order valence-corrected chi connectivity index (χ1v) is 6.45. The molecule has 0 aromatic carbocycles. The van der Waals surface area contributed by atoms with Gasteiger partial charge in [0.25, 0.3) is 0 Å². The lowest BCUT2D eigenvalue weighted by Crippen LogP contribution is -2.42. The molecule has 0 heterocycles. The number of hydrogen-bond acceptors (Lipinski definition) is 2. The number of hydrogen-bond donors (Lipinski definition) is 3. The standard InChI is InChI=1S/C12H22N4O.HI/c1-8-7-10(8)16-12(13-2)15-6-5-14-11(17)9-3-4-9;/h8-10H,3-7H2,1-2H3,(H,14,17)(H2,13,15,16);1H. The lowest BCUT2D eigenvalue weighted by atomic mass is 10.4. The number of carbonyl (C=O) groups excluding carboxylic acids is 1. The van der Waals surface area contributed by atoms with Crippen LogP contribution < -0.4 is 16.0 Å². The first-order chi connectivity index (χ1) is 8.20. The smallest absolute Gasteiger partial charge is 0.223 e. The lowest BCUT2D eigenvalue weighted by molar-refractivity contribution is -0.122. The summed E-state index contributed by atoms with van der Waals surface area (Å²) in [5.41, 5.74) is 0. The van der Waals surface area contributed by atoms with E-state index in [1.54, 1.807) is 7.05 Å². The van der Waals surface area contributed by atoms with Crippen molar-refractivity contribution in [3.05, 3.63) is 0 Å². The Morgan fingerprint density at radius 1 is 1.28 bits per heavy atom. The van der Waals surface area contributed by atoms with Crippen LogP contribution in [0, 0.1) is 11.8 Å². The predicted octanol–water partition coefficient (Wildman–Crippen LogP) is 0.704. The molecule has 0 radical (unpaired) electrons. The van der Waals surface area contributed by atoms with Gasteiger partial charge in [0, 0.05) is 32.1 Å². The van der Waals surface area contributed by atoms with Gasteiger partial charge in [0.05, 0.1) is 0 Å². The average Bonchev–Trinajstić information content (AvgIpc) is 3.19. The van der Waals surface area contributed by atoms with Crippen molar-refractivity contribution < 1.29 is 4.79 Å². The second-order valence-corrected chi connectivity index (χ2v) is 5.03. The van der Waals surface area contributed by atoms with Crippen molar-refractivity contribution in [1.29, 1.82) is 0 Å². The molecule has 2 rings (SSSR count). The van der Waals surface area contributed by atoms with Crippen LogP contribution in [0.4, 0.5) is 0 Å². The van der Waals surface area contributed by atoms with E-state index in [-0.39, 0.29) is 29.9 Å². The molecule has 104 valence electrons. The topological polar surface area (TPSA) is 65.5 Å². The third kappa shape index (κ3) is 4.99. The second-order valence-electron chi connectivity index (χ2n) is 5.03. The maximum Gasteiger partial charge on any atom is 0.223 e. The van der Waals surface area contributed by atoms with Crippen LogP contribution in [-0.4, -0.2) is 38.0 Å². The normalized spacial score (nSPS) is 26.0. The Labute approximate surface area is 126 Å². The van der Waals surface area contributed by atoms with Crippen molar-refractivity contribution in [2.45, 2.75) is 32.2 Å². The van der Waals surface area contributed by atoms with Crippen LogP contribution in [0.2, 0.25) is 0 Å². The minimum absolute atomic E-state index is 0. The molecule has 2 aliphatic rings. The third-order valence-corrected chi connectivity index (χ3v) is 3.32. The van der Waals surface area contributed by atoms with Crippen LogP contribution in [0.15, 0.2) is 4.99 Å². The molecule has 5 nitrogen and oxygen atoms in total. The average molecular weight is 366 g/mol. The van der Waals surface area contributed by atoms with E-state index in [9.17, 15) is 4.79 Å². The first-order valence-electron chi connectivity index (χ1n) is 6.45. The van der Waals surface area contributed by atoms with Crippen molar-refractivity contribution in [2.24, 2.45) is 16.8 Å². The van der Waals surface area contributed by atoms with Crippen molar-refractivity contribution in [3.63, 3.8) is 0 Å². The van der Waals surface area contributed by atoms with E-state index >= 15 is 0 Å². The molecule has 0 aromatic heterocycles. The van der Waals surface area contributed by atoms with Crippen molar-refractivity contribution in [2.75, 3.05) is 20.1 Å². The molecule has 1 amide bonds. The zero-order valence-corrected chi connectivity index (χ0v) is 13.4. The Balaban J connectivity index is 0.00000162. The van der Waals surface area contributed by atoms with Gasteiger partial charge in [-0.1, -0.05) is 6.92 Å². The minimum atomic E-state index is 0.